The zero-order valence-corrected chi connectivity index (χ0v) is 18.7. The number of allylic oxidation sites excluding steroid dienone is 2. The lowest BCUT2D eigenvalue weighted by molar-refractivity contribution is -0.138. The fourth-order valence-corrected chi connectivity index (χ4v) is 3.72. The molecule has 0 spiro atoms. The fourth-order valence-electron chi connectivity index (χ4n) is 3.41. The van der Waals surface area contributed by atoms with Crippen LogP contribution in [0.4, 0.5) is 5.69 Å². The van der Waals surface area contributed by atoms with E-state index in [0.717, 1.165) is 48.1 Å². The van der Waals surface area contributed by atoms with Crippen LogP contribution in [0.5, 0.6) is 0 Å². The van der Waals surface area contributed by atoms with E-state index in [0.29, 0.717) is 5.02 Å². The van der Waals surface area contributed by atoms with Crippen LogP contribution in [0, 0.1) is 11.3 Å². The molecule has 1 saturated heterocycles. The number of nitrogens with zero attached hydrogens (tertiary/aromatic N) is 3. The van der Waals surface area contributed by atoms with E-state index < -0.39 is 5.97 Å². The molecule has 31 heavy (non-hydrogen) atoms. The maximum absolute atomic E-state index is 12.0. The number of esters is 1. The molecule has 5 nitrogen and oxygen atoms in total. The number of ether oxygens (including phenoxy) is 1. The molecule has 1 fully saturated rings. The molecule has 1 aliphatic heterocycles. The Morgan fingerprint density at radius 2 is 1.77 bits per heavy atom. The summed E-state index contributed by atoms with van der Waals surface area (Å²) in [6.07, 6.45) is 3.32. The highest BCUT2D eigenvalue weighted by Crippen LogP contribution is 2.26. The summed E-state index contributed by atoms with van der Waals surface area (Å²) in [5.41, 5.74) is 2.93. The second-order valence-corrected chi connectivity index (χ2v) is 7.80. The number of hydrogen-bond acceptors (Lipinski definition) is 5. The molecule has 0 N–H and O–H groups in total. The molecule has 0 bridgehead atoms. The van der Waals surface area contributed by atoms with Crippen LogP contribution in [0.3, 0.4) is 0 Å². The Morgan fingerprint density at radius 1 is 1.06 bits per heavy atom. The molecule has 0 atom stereocenters. The van der Waals surface area contributed by atoms with E-state index in [1.54, 1.807) is 13.0 Å². The number of rotatable bonds is 6. The molecule has 0 aliphatic carbocycles. The summed E-state index contributed by atoms with van der Waals surface area (Å²) < 4.78 is 4.96. The highest BCUT2D eigenvalue weighted by atomic mass is 35.5. The number of halogens is 2. The molecule has 1 heterocycles. The Kier molecular flexibility index (Phi) is 8.00. The maximum Gasteiger partial charge on any atom is 0.348 e. The standard InChI is InChI=1S/C24H23Cl2N3O2/c1-2-31-24(30)19(17-27)8-11-23(18-6-9-20(25)10-7-18)29-14-12-28(13-15-29)22-5-3-4-21(26)16-22/h3-11,16H,2,12-15H2,1H3. The van der Waals surface area contributed by atoms with Crippen LogP contribution in [0.15, 0.2) is 66.3 Å². The van der Waals surface area contributed by atoms with Gasteiger partial charge in [-0.2, -0.15) is 5.26 Å². The zero-order chi connectivity index (χ0) is 22.2. The van der Waals surface area contributed by atoms with E-state index in [2.05, 4.69) is 15.9 Å². The number of benzene rings is 2. The Bertz CT molecular complexity index is 1020. The summed E-state index contributed by atoms with van der Waals surface area (Å²) in [5.74, 6) is -0.623. The molecule has 1 aliphatic rings. The maximum atomic E-state index is 12.0. The Balaban J connectivity index is 1.85. The lowest BCUT2D eigenvalue weighted by Crippen LogP contribution is -2.45. The molecular formula is C24H23Cl2N3O2. The zero-order valence-electron chi connectivity index (χ0n) is 17.2. The van der Waals surface area contributed by atoms with Crippen LogP contribution in [-0.2, 0) is 9.53 Å². The van der Waals surface area contributed by atoms with Crippen LogP contribution in [0.1, 0.15) is 12.5 Å². The first kappa shape index (κ1) is 22.7. The van der Waals surface area contributed by atoms with Crippen molar-refractivity contribution in [1.29, 1.82) is 5.26 Å². The van der Waals surface area contributed by atoms with Gasteiger partial charge < -0.3 is 14.5 Å². The first-order valence-electron chi connectivity index (χ1n) is 10.0. The molecule has 0 amide bonds. The van der Waals surface area contributed by atoms with E-state index in [1.807, 2.05) is 48.5 Å². The Morgan fingerprint density at radius 3 is 2.39 bits per heavy atom. The highest BCUT2D eigenvalue weighted by Gasteiger charge is 2.20. The number of carbonyl (C=O) groups excluding carboxylic acids is 1. The fraction of sp³-hybridized carbons (Fsp3) is 0.250. The molecule has 0 unspecified atom stereocenters. The third kappa shape index (κ3) is 6.04. The lowest BCUT2D eigenvalue weighted by atomic mass is 10.1. The first-order chi connectivity index (χ1) is 15.0. The van der Waals surface area contributed by atoms with Crippen molar-refractivity contribution in [1.82, 2.24) is 4.90 Å². The van der Waals surface area contributed by atoms with E-state index in [1.165, 1.54) is 6.08 Å². The van der Waals surface area contributed by atoms with Crippen LogP contribution < -0.4 is 4.90 Å². The molecule has 2 aromatic rings. The molecule has 0 saturated carbocycles. The van der Waals surface area contributed by atoms with Crippen molar-refractivity contribution in [3.63, 3.8) is 0 Å². The Hall–Kier alpha value is -2.94. The average Bonchev–Trinajstić information content (AvgIpc) is 2.78. The third-order valence-electron chi connectivity index (χ3n) is 4.96. The Labute approximate surface area is 192 Å². The number of hydrogen-bond donors (Lipinski definition) is 0. The van der Waals surface area contributed by atoms with E-state index >= 15 is 0 Å². The molecule has 0 radical (unpaired) electrons. The van der Waals surface area contributed by atoms with Gasteiger partial charge in [0, 0.05) is 47.6 Å². The van der Waals surface area contributed by atoms with Gasteiger partial charge in [0.25, 0.3) is 0 Å². The molecule has 7 heteroatoms. The SMILES string of the molecule is CCOC(=O)C(C#N)=CC=C(c1ccc(Cl)cc1)N1CCN(c2cccc(Cl)c2)CC1. The van der Waals surface area contributed by atoms with Crippen molar-refractivity contribution in [2.24, 2.45) is 0 Å². The second kappa shape index (κ2) is 10.9. The monoisotopic (exact) mass is 455 g/mol. The van der Waals surface area contributed by atoms with Gasteiger partial charge in [-0.1, -0.05) is 41.4 Å². The highest BCUT2D eigenvalue weighted by molar-refractivity contribution is 6.31. The van der Waals surface area contributed by atoms with Crippen molar-refractivity contribution >= 4 is 40.6 Å². The number of carbonyl (C=O) groups is 1. The normalized spacial score (nSPS) is 14.9. The van der Waals surface area contributed by atoms with Crippen LogP contribution >= 0.6 is 23.2 Å². The third-order valence-corrected chi connectivity index (χ3v) is 5.44. The molecule has 160 valence electrons. The first-order valence-corrected chi connectivity index (χ1v) is 10.8. The molecular weight excluding hydrogens is 433 g/mol. The van der Waals surface area contributed by atoms with Gasteiger partial charge in [0.05, 0.1) is 6.61 Å². The topological polar surface area (TPSA) is 56.6 Å². The minimum Gasteiger partial charge on any atom is -0.462 e. The van der Waals surface area contributed by atoms with Crippen molar-refractivity contribution in [2.75, 3.05) is 37.7 Å². The number of anilines is 1. The lowest BCUT2D eigenvalue weighted by Gasteiger charge is -2.38. The van der Waals surface area contributed by atoms with Crippen molar-refractivity contribution in [2.45, 2.75) is 6.92 Å². The summed E-state index contributed by atoms with van der Waals surface area (Å²) in [7, 11) is 0. The molecule has 2 aromatic carbocycles. The average molecular weight is 456 g/mol. The van der Waals surface area contributed by atoms with Gasteiger partial charge in [-0.3, -0.25) is 0 Å². The van der Waals surface area contributed by atoms with Crippen molar-refractivity contribution in [3.05, 3.63) is 81.9 Å². The minimum atomic E-state index is -0.623. The molecule has 3 rings (SSSR count). The van der Waals surface area contributed by atoms with Crippen LogP contribution in [-0.4, -0.2) is 43.7 Å². The summed E-state index contributed by atoms with van der Waals surface area (Å²) in [6, 6.07) is 17.3. The van der Waals surface area contributed by atoms with E-state index in [-0.39, 0.29) is 12.2 Å². The predicted octanol–water partition coefficient (Wildman–Crippen LogP) is 5.17. The predicted molar refractivity (Wildman–Crippen MR) is 125 cm³/mol. The van der Waals surface area contributed by atoms with Gasteiger partial charge in [-0.15, -0.1) is 0 Å². The summed E-state index contributed by atoms with van der Waals surface area (Å²) in [5, 5.41) is 10.7. The van der Waals surface area contributed by atoms with Gasteiger partial charge in [0.1, 0.15) is 11.6 Å². The largest absolute Gasteiger partial charge is 0.462 e. The summed E-state index contributed by atoms with van der Waals surface area (Å²) in [4.78, 5) is 16.5. The number of nitriles is 1. The van der Waals surface area contributed by atoms with Gasteiger partial charge in [-0.05, 0) is 55.0 Å². The van der Waals surface area contributed by atoms with Crippen molar-refractivity contribution in [3.8, 4) is 6.07 Å². The van der Waals surface area contributed by atoms with E-state index in [4.69, 9.17) is 27.9 Å². The van der Waals surface area contributed by atoms with Gasteiger partial charge >= 0.3 is 5.97 Å². The minimum absolute atomic E-state index is 0.0362. The quantitative estimate of drug-likeness (QED) is 0.260. The van der Waals surface area contributed by atoms with Gasteiger partial charge in [0.15, 0.2) is 0 Å². The molecule has 0 aromatic heterocycles. The second-order valence-electron chi connectivity index (χ2n) is 6.93. The van der Waals surface area contributed by atoms with Gasteiger partial charge in [-0.25, -0.2) is 4.79 Å². The van der Waals surface area contributed by atoms with Crippen LogP contribution in [0.2, 0.25) is 10.0 Å². The van der Waals surface area contributed by atoms with Crippen molar-refractivity contribution < 1.29 is 9.53 Å². The van der Waals surface area contributed by atoms with Gasteiger partial charge in [0.2, 0.25) is 0 Å². The van der Waals surface area contributed by atoms with Crippen LogP contribution in [0.25, 0.3) is 5.70 Å². The van der Waals surface area contributed by atoms with E-state index in [9.17, 15) is 10.1 Å². The summed E-state index contributed by atoms with van der Waals surface area (Å²) >= 11 is 12.2. The number of piperazine rings is 1. The summed E-state index contributed by atoms with van der Waals surface area (Å²) in [6.45, 7) is 5.11. The smallest absolute Gasteiger partial charge is 0.348 e.